The number of hydrogen-bond donors (Lipinski definition) is 1. The van der Waals surface area contributed by atoms with Crippen molar-refractivity contribution in [3.05, 3.63) is 84.7 Å². The number of amides is 3. The average molecular weight is 656 g/mol. The van der Waals surface area contributed by atoms with Gasteiger partial charge >= 0.3 is 11.4 Å². The number of halogens is 5. The number of urea groups is 1. The Morgan fingerprint density at radius 3 is 2.38 bits per heavy atom. The standard InChI is InChI=1S/C28H23Cl3F2N4O4S/c1-2-35-7-4-8-37(27(35)41)20-10-16-13-36(12-15(16)9-17(20)14-38)26(40)23-21(11-22(28(31,32)33)34-25(23)39)42-24-18(29)5-3-6-19(24)30/h3,5-6,9-11,14H,2,4,7-8,12-13H2,1H3,(H,34,39). The van der Waals surface area contributed by atoms with Crippen molar-refractivity contribution in [3.63, 3.8) is 0 Å². The molecule has 3 aromatic rings. The lowest BCUT2D eigenvalue weighted by atomic mass is 10.0. The molecule has 42 heavy (non-hydrogen) atoms. The third kappa shape index (κ3) is 5.75. The second-order valence-corrected chi connectivity index (χ2v) is 12.1. The zero-order valence-electron chi connectivity index (χ0n) is 22.1. The number of benzene rings is 2. The van der Waals surface area contributed by atoms with Crippen LogP contribution in [0.15, 0.2) is 51.0 Å². The van der Waals surface area contributed by atoms with Gasteiger partial charge in [-0.2, -0.15) is 8.78 Å². The summed E-state index contributed by atoms with van der Waals surface area (Å²) in [6, 6.07) is 8.73. The third-order valence-corrected chi connectivity index (χ3v) is 9.36. The molecule has 3 amide bonds. The molecule has 3 heterocycles. The van der Waals surface area contributed by atoms with Gasteiger partial charge in [0.2, 0.25) is 0 Å². The molecule has 1 N–H and O–H groups in total. The van der Waals surface area contributed by atoms with Gasteiger partial charge in [0.25, 0.3) is 11.5 Å². The summed E-state index contributed by atoms with van der Waals surface area (Å²) in [4.78, 5) is 58.7. The summed E-state index contributed by atoms with van der Waals surface area (Å²) in [6.45, 7) is 3.58. The van der Waals surface area contributed by atoms with Gasteiger partial charge in [-0.05, 0) is 66.4 Å². The van der Waals surface area contributed by atoms with Gasteiger partial charge in [0.15, 0.2) is 6.29 Å². The predicted octanol–water partition coefficient (Wildman–Crippen LogP) is 6.74. The van der Waals surface area contributed by atoms with E-state index in [-0.39, 0.29) is 39.0 Å². The van der Waals surface area contributed by atoms with Crippen molar-refractivity contribution < 1.29 is 23.2 Å². The van der Waals surface area contributed by atoms with Gasteiger partial charge in [0.05, 0.1) is 15.7 Å². The first-order valence-electron chi connectivity index (χ1n) is 12.9. The number of anilines is 1. The Labute approximate surface area is 258 Å². The summed E-state index contributed by atoms with van der Waals surface area (Å²) in [5.41, 5.74) is -0.262. The normalized spacial score (nSPS) is 15.3. The number of nitrogens with one attached hydrogen (secondary N) is 1. The first-order valence-corrected chi connectivity index (χ1v) is 14.8. The van der Waals surface area contributed by atoms with E-state index in [1.165, 1.54) is 17.0 Å². The maximum Gasteiger partial charge on any atom is 0.362 e. The smallest absolute Gasteiger partial charge is 0.330 e. The minimum atomic E-state index is -3.91. The molecule has 0 spiro atoms. The molecule has 5 rings (SSSR count). The van der Waals surface area contributed by atoms with Crippen LogP contribution in [0.4, 0.5) is 19.3 Å². The van der Waals surface area contributed by atoms with Crippen LogP contribution in [0.3, 0.4) is 0 Å². The Balaban J connectivity index is 1.51. The first-order chi connectivity index (χ1) is 19.9. The Kier molecular flexibility index (Phi) is 8.58. The van der Waals surface area contributed by atoms with Crippen LogP contribution in [-0.4, -0.2) is 52.6 Å². The highest BCUT2D eigenvalue weighted by atomic mass is 35.5. The van der Waals surface area contributed by atoms with Gasteiger partial charge in [-0.25, -0.2) is 4.79 Å². The molecule has 0 radical (unpaired) electrons. The number of aromatic nitrogens is 1. The van der Waals surface area contributed by atoms with Crippen LogP contribution in [0, 0.1) is 0 Å². The SMILES string of the molecule is CCN1CCCN(c2cc3c(cc2C=O)CN(C(=O)c2c(Sc4c(Cl)cccc4Cl)cc(C(F)(F)Cl)[nH]c2=O)C3)C1=O. The molecule has 2 aliphatic heterocycles. The van der Waals surface area contributed by atoms with Gasteiger partial charge < -0.3 is 14.8 Å². The van der Waals surface area contributed by atoms with Crippen LogP contribution in [-0.2, 0) is 18.5 Å². The van der Waals surface area contributed by atoms with Gasteiger partial charge in [-0.1, -0.05) is 41.0 Å². The van der Waals surface area contributed by atoms with Crippen molar-refractivity contribution >= 4 is 70.5 Å². The van der Waals surface area contributed by atoms with Gasteiger partial charge in [-0.15, -0.1) is 0 Å². The predicted molar refractivity (Wildman–Crippen MR) is 157 cm³/mol. The van der Waals surface area contributed by atoms with Crippen LogP contribution in [0.1, 0.15) is 50.9 Å². The molecule has 0 aliphatic carbocycles. The van der Waals surface area contributed by atoms with Crippen molar-refractivity contribution in [3.8, 4) is 0 Å². The van der Waals surface area contributed by atoms with E-state index in [0.717, 1.165) is 24.2 Å². The number of H-pyrrole nitrogens is 1. The number of carbonyl (C=O) groups excluding carboxylic acids is 3. The molecular weight excluding hydrogens is 633 g/mol. The molecule has 14 heteroatoms. The van der Waals surface area contributed by atoms with E-state index in [4.69, 9.17) is 34.8 Å². The lowest BCUT2D eigenvalue weighted by molar-refractivity contribution is 0.0740. The molecule has 1 saturated heterocycles. The maximum absolute atomic E-state index is 14.0. The number of rotatable bonds is 7. The van der Waals surface area contributed by atoms with Crippen molar-refractivity contribution in [2.75, 3.05) is 24.5 Å². The number of aromatic amines is 1. The van der Waals surface area contributed by atoms with E-state index >= 15 is 0 Å². The molecule has 0 atom stereocenters. The monoisotopic (exact) mass is 654 g/mol. The van der Waals surface area contributed by atoms with Crippen molar-refractivity contribution in [2.45, 2.75) is 41.6 Å². The summed E-state index contributed by atoms with van der Waals surface area (Å²) in [5.74, 6) is -0.733. The zero-order valence-corrected chi connectivity index (χ0v) is 25.1. The molecular formula is C28H23Cl3F2N4O4S. The molecule has 1 aromatic heterocycles. The summed E-state index contributed by atoms with van der Waals surface area (Å²) in [5, 5.41) is -3.52. The molecule has 220 valence electrons. The number of nitrogens with zero attached hydrogens (tertiary/aromatic N) is 3. The second kappa shape index (κ2) is 11.9. The molecule has 0 bridgehead atoms. The van der Waals surface area contributed by atoms with Gasteiger partial charge in [-0.3, -0.25) is 19.3 Å². The second-order valence-electron chi connectivity index (χ2n) is 9.73. The number of alkyl halides is 3. The van der Waals surface area contributed by atoms with Crippen LogP contribution < -0.4 is 10.5 Å². The number of carbonyl (C=O) groups is 3. The fourth-order valence-electron chi connectivity index (χ4n) is 5.05. The number of hydrogen-bond acceptors (Lipinski definition) is 5. The highest BCUT2D eigenvalue weighted by molar-refractivity contribution is 7.99. The van der Waals surface area contributed by atoms with E-state index in [2.05, 4.69) is 0 Å². The fourth-order valence-corrected chi connectivity index (χ4v) is 6.79. The Morgan fingerprint density at radius 1 is 1.10 bits per heavy atom. The molecule has 2 aliphatic rings. The zero-order chi connectivity index (χ0) is 30.3. The maximum atomic E-state index is 14.0. The fraction of sp³-hybridized carbons (Fsp3) is 0.286. The Bertz CT molecular complexity index is 1640. The van der Waals surface area contributed by atoms with Crippen LogP contribution in [0.2, 0.25) is 10.0 Å². The quantitative estimate of drug-likeness (QED) is 0.225. The van der Waals surface area contributed by atoms with Crippen LogP contribution in [0.25, 0.3) is 0 Å². The molecule has 1 fully saturated rings. The minimum absolute atomic E-state index is 0.0497. The highest BCUT2D eigenvalue weighted by Gasteiger charge is 2.35. The lowest BCUT2D eigenvalue weighted by Crippen LogP contribution is -2.49. The minimum Gasteiger partial charge on any atom is -0.330 e. The molecule has 2 aromatic carbocycles. The van der Waals surface area contributed by atoms with Crippen molar-refractivity contribution in [1.29, 1.82) is 0 Å². The van der Waals surface area contributed by atoms with Crippen molar-refractivity contribution in [2.24, 2.45) is 0 Å². The first kappa shape index (κ1) is 30.3. The molecule has 0 unspecified atom stereocenters. The van der Waals surface area contributed by atoms with Gasteiger partial charge in [0, 0.05) is 48.1 Å². The summed E-state index contributed by atoms with van der Waals surface area (Å²) in [7, 11) is 0. The lowest BCUT2D eigenvalue weighted by Gasteiger charge is -2.35. The van der Waals surface area contributed by atoms with E-state index in [1.54, 1.807) is 28.0 Å². The average Bonchev–Trinajstić information content (AvgIpc) is 3.36. The summed E-state index contributed by atoms with van der Waals surface area (Å²) >= 11 is 18.6. The molecule has 0 saturated carbocycles. The number of fused-ring (bicyclic) bond motifs is 1. The summed E-state index contributed by atoms with van der Waals surface area (Å²) < 4.78 is 28.1. The largest absolute Gasteiger partial charge is 0.362 e. The molecule has 8 nitrogen and oxygen atoms in total. The number of aldehydes is 1. The Morgan fingerprint density at radius 2 is 1.76 bits per heavy atom. The third-order valence-electron chi connectivity index (χ3n) is 7.12. The van der Waals surface area contributed by atoms with E-state index in [1.807, 2.05) is 11.9 Å². The van der Waals surface area contributed by atoms with Gasteiger partial charge in [0.1, 0.15) is 11.3 Å². The number of pyridine rings is 1. The van der Waals surface area contributed by atoms with E-state index in [9.17, 15) is 28.0 Å². The van der Waals surface area contributed by atoms with Crippen molar-refractivity contribution in [1.82, 2.24) is 14.8 Å². The summed E-state index contributed by atoms with van der Waals surface area (Å²) in [6.07, 6.45) is 1.39. The Hall–Kier alpha value is -3.12. The van der Waals surface area contributed by atoms with E-state index in [0.29, 0.717) is 48.3 Å². The van der Waals surface area contributed by atoms with E-state index < -0.39 is 28.1 Å². The van der Waals surface area contributed by atoms with Crippen LogP contribution >= 0.6 is 46.6 Å². The highest BCUT2D eigenvalue weighted by Crippen LogP contribution is 2.42. The van der Waals surface area contributed by atoms with Crippen LogP contribution in [0.5, 0.6) is 0 Å². The topological polar surface area (TPSA) is 93.8 Å².